The molecular formula is C35H37N3O2S. The Labute approximate surface area is 244 Å². The number of fused-ring (bicyclic) bond motifs is 4. The van der Waals surface area contributed by atoms with Gasteiger partial charge in [-0.25, -0.2) is 8.42 Å². The fourth-order valence-corrected chi connectivity index (χ4v) is 11.1. The van der Waals surface area contributed by atoms with Gasteiger partial charge >= 0.3 is 0 Å². The second-order valence-corrected chi connectivity index (χ2v) is 14.4. The fourth-order valence-electron chi connectivity index (χ4n) is 9.33. The van der Waals surface area contributed by atoms with E-state index in [0.717, 1.165) is 55.5 Å². The third kappa shape index (κ3) is 3.30. The van der Waals surface area contributed by atoms with Crippen molar-refractivity contribution in [3.63, 3.8) is 0 Å². The highest BCUT2D eigenvalue weighted by molar-refractivity contribution is 7.92. The van der Waals surface area contributed by atoms with Crippen LogP contribution >= 0.6 is 0 Å². The summed E-state index contributed by atoms with van der Waals surface area (Å²) in [6.07, 6.45) is 7.83. The summed E-state index contributed by atoms with van der Waals surface area (Å²) in [5.74, 6) is 0.278. The van der Waals surface area contributed by atoms with Gasteiger partial charge in [-0.2, -0.15) is 5.26 Å². The standard InChI is InChI=1S/C35H37N3O2S/c1-24(2)22-25-12-10-21-35(32(23-36)37(3)30-18-9-15-27(25)33(30)35)34-20-11-19-31(34)38(29-17-8-7-16-28(29)34)41(39,40)26-13-5-4-6-14-26/h4-9,13-18,22,25,31-32H,10-12,19-21H2,1-3H3/t25-,31-,32+,34+,35-/m1/s1. The number of hydrogen-bond acceptors (Lipinski definition) is 4. The number of sulfonamides is 1. The number of hydrogen-bond donors (Lipinski definition) is 0. The van der Waals surface area contributed by atoms with Gasteiger partial charge in [0, 0.05) is 29.5 Å². The van der Waals surface area contributed by atoms with Crippen LogP contribution in [0.2, 0.25) is 0 Å². The van der Waals surface area contributed by atoms with Gasteiger partial charge in [-0.15, -0.1) is 0 Å². The van der Waals surface area contributed by atoms with E-state index in [0.29, 0.717) is 4.90 Å². The zero-order valence-electron chi connectivity index (χ0n) is 24.0. The van der Waals surface area contributed by atoms with E-state index < -0.39 is 26.9 Å². The first-order valence-corrected chi connectivity index (χ1v) is 16.3. The molecule has 0 N–H and O–H groups in total. The molecule has 2 heterocycles. The molecule has 41 heavy (non-hydrogen) atoms. The number of anilines is 2. The fraction of sp³-hybridized carbons (Fsp3) is 0.400. The van der Waals surface area contributed by atoms with Crippen molar-refractivity contribution in [3.8, 4) is 6.07 Å². The first kappa shape index (κ1) is 26.3. The highest BCUT2D eigenvalue weighted by Gasteiger charge is 2.72. The maximum atomic E-state index is 14.5. The van der Waals surface area contributed by atoms with Crippen LogP contribution in [0.1, 0.15) is 75.0 Å². The summed E-state index contributed by atoms with van der Waals surface area (Å²) < 4.78 is 30.8. The Kier molecular flexibility index (Phi) is 5.93. The summed E-state index contributed by atoms with van der Waals surface area (Å²) >= 11 is 0. The lowest BCUT2D eigenvalue weighted by Crippen LogP contribution is -2.61. The molecule has 0 amide bonds. The molecule has 5 nitrogen and oxygen atoms in total. The average molecular weight is 564 g/mol. The Morgan fingerprint density at radius 2 is 1.59 bits per heavy atom. The number of para-hydroxylation sites is 1. The lowest BCUT2D eigenvalue weighted by atomic mass is 9.51. The van der Waals surface area contributed by atoms with E-state index in [9.17, 15) is 13.7 Å². The SMILES string of the molecule is CC(C)=C[C@H]1CCC[C@]2([C@]34CCC[C@H]3N(S(=O)(=O)c3ccccc3)c3ccccc34)c3c1cccc3N(C)[C@H]2C#N. The van der Waals surface area contributed by atoms with Gasteiger partial charge in [0.25, 0.3) is 10.0 Å². The van der Waals surface area contributed by atoms with E-state index >= 15 is 0 Å². The third-order valence-corrected chi connectivity index (χ3v) is 12.4. The molecule has 3 aromatic carbocycles. The summed E-state index contributed by atoms with van der Waals surface area (Å²) in [5, 5.41) is 11.0. The lowest BCUT2D eigenvalue weighted by molar-refractivity contribution is 0.182. The van der Waals surface area contributed by atoms with E-state index in [1.54, 1.807) is 28.6 Å². The van der Waals surface area contributed by atoms with Crippen molar-refractivity contribution < 1.29 is 8.42 Å². The molecule has 2 aliphatic heterocycles. The molecule has 2 aliphatic carbocycles. The molecule has 1 fully saturated rings. The smallest absolute Gasteiger partial charge is 0.264 e. The second kappa shape index (κ2) is 9.22. The highest BCUT2D eigenvalue weighted by atomic mass is 32.2. The topological polar surface area (TPSA) is 64.4 Å². The lowest BCUT2D eigenvalue weighted by Gasteiger charge is -2.51. The largest absolute Gasteiger partial charge is 0.358 e. The Morgan fingerprint density at radius 3 is 2.34 bits per heavy atom. The van der Waals surface area contributed by atoms with Crippen molar-refractivity contribution in [3.05, 3.63) is 101 Å². The van der Waals surface area contributed by atoms with Crippen molar-refractivity contribution in [2.45, 2.75) is 86.1 Å². The van der Waals surface area contributed by atoms with Gasteiger partial charge in [0.1, 0.15) is 6.04 Å². The van der Waals surface area contributed by atoms with Gasteiger partial charge in [0.15, 0.2) is 0 Å². The molecule has 0 aromatic heterocycles. The Balaban J connectivity index is 1.55. The zero-order valence-corrected chi connectivity index (χ0v) is 24.9. The molecule has 5 atom stereocenters. The van der Waals surface area contributed by atoms with E-state index in [2.05, 4.69) is 68.3 Å². The molecule has 0 saturated heterocycles. The molecule has 1 saturated carbocycles. The van der Waals surface area contributed by atoms with Gasteiger partial charge in [-0.05, 0) is 80.5 Å². The van der Waals surface area contributed by atoms with Crippen LogP contribution in [0.25, 0.3) is 0 Å². The molecular weight excluding hydrogens is 526 g/mol. The van der Waals surface area contributed by atoms with Gasteiger partial charge in [-0.3, -0.25) is 4.31 Å². The maximum absolute atomic E-state index is 14.5. The molecule has 4 aliphatic rings. The first-order chi connectivity index (χ1) is 19.8. The zero-order chi connectivity index (χ0) is 28.6. The predicted octanol–water partition coefficient (Wildman–Crippen LogP) is 7.20. The molecule has 0 spiro atoms. The minimum atomic E-state index is -3.82. The quantitative estimate of drug-likeness (QED) is 0.315. The number of rotatable bonds is 4. The Morgan fingerprint density at radius 1 is 0.902 bits per heavy atom. The maximum Gasteiger partial charge on any atom is 0.264 e. The monoisotopic (exact) mass is 563 g/mol. The molecule has 6 heteroatoms. The number of benzene rings is 3. The molecule has 7 rings (SSSR count). The normalized spacial score (nSPS) is 29.8. The van der Waals surface area contributed by atoms with Crippen LogP contribution in [0.3, 0.4) is 0 Å². The van der Waals surface area contributed by atoms with Gasteiger partial charge in [0.05, 0.1) is 22.7 Å². The molecule has 0 bridgehead atoms. The van der Waals surface area contributed by atoms with Crippen LogP contribution in [0.5, 0.6) is 0 Å². The van der Waals surface area contributed by atoms with Crippen LogP contribution in [-0.4, -0.2) is 27.5 Å². The van der Waals surface area contributed by atoms with Gasteiger partial charge in [-0.1, -0.05) is 73.0 Å². The summed E-state index contributed by atoms with van der Waals surface area (Å²) in [4.78, 5) is 2.52. The number of nitrogens with zero attached hydrogens (tertiary/aromatic N) is 3. The second-order valence-electron chi connectivity index (χ2n) is 12.6. The summed E-state index contributed by atoms with van der Waals surface area (Å²) in [6, 6.07) is 25.8. The number of nitriles is 1. The van der Waals surface area contributed by atoms with Crippen LogP contribution in [0.4, 0.5) is 11.4 Å². The minimum absolute atomic E-state index is 0.256. The van der Waals surface area contributed by atoms with Crippen LogP contribution < -0.4 is 9.21 Å². The summed E-state index contributed by atoms with van der Waals surface area (Å²) in [6.45, 7) is 4.33. The van der Waals surface area contributed by atoms with Crippen LogP contribution in [0, 0.1) is 11.3 Å². The first-order valence-electron chi connectivity index (χ1n) is 14.9. The van der Waals surface area contributed by atoms with E-state index in [4.69, 9.17) is 0 Å². The molecule has 0 radical (unpaired) electrons. The van der Waals surface area contributed by atoms with Gasteiger partial charge in [0.2, 0.25) is 0 Å². The minimum Gasteiger partial charge on any atom is -0.358 e. The Hall–Kier alpha value is -3.56. The van der Waals surface area contributed by atoms with E-state index in [-0.39, 0.29) is 12.0 Å². The third-order valence-electron chi connectivity index (χ3n) is 10.5. The van der Waals surface area contributed by atoms with Crippen molar-refractivity contribution in [1.29, 1.82) is 5.26 Å². The molecule has 210 valence electrons. The molecule has 0 unspecified atom stereocenters. The van der Waals surface area contributed by atoms with Crippen molar-refractivity contribution in [2.75, 3.05) is 16.3 Å². The summed E-state index contributed by atoms with van der Waals surface area (Å²) in [7, 11) is -1.76. The van der Waals surface area contributed by atoms with Gasteiger partial charge < -0.3 is 4.90 Å². The summed E-state index contributed by atoms with van der Waals surface area (Å²) in [5.41, 5.74) is 5.86. The van der Waals surface area contributed by atoms with Crippen molar-refractivity contribution in [1.82, 2.24) is 0 Å². The number of likely N-dealkylation sites (N-methyl/N-ethyl adjacent to an activating group) is 1. The van der Waals surface area contributed by atoms with Crippen LogP contribution in [-0.2, 0) is 20.9 Å². The van der Waals surface area contributed by atoms with Crippen LogP contribution in [0.15, 0.2) is 89.3 Å². The van der Waals surface area contributed by atoms with Crippen molar-refractivity contribution >= 4 is 21.4 Å². The predicted molar refractivity (Wildman–Crippen MR) is 164 cm³/mol. The van der Waals surface area contributed by atoms with E-state index in [1.165, 1.54) is 16.7 Å². The number of allylic oxidation sites excluding steroid dienone is 2. The average Bonchev–Trinajstić information content (AvgIpc) is 3.56. The molecule has 3 aromatic rings. The Bertz CT molecular complexity index is 1700. The van der Waals surface area contributed by atoms with E-state index in [1.807, 2.05) is 18.2 Å². The highest BCUT2D eigenvalue weighted by Crippen LogP contribution is 2.70. The van der Waals surface area contributed by atoms with Crippen molar-refractivity contribution in [2.24, 2.45) is 0 Å².